The number of nitrogens with one attached hydrogen (secondary N) is 2. The Hall–Kier alpha value is -3.22. The van der Waals surface area contributed by atoms with E-state index in [0.717, 1.165) is 17.5 Å². The molecule has 6 nitrogen and oxygen atoms in total. The fourth-order valence-corrected chi connectivity index (χ4v) is 3.13. The molecular formula is C21H22FN3O3. The lowest BCUT2D eigenvalue weighted by Gasteiger charge is -2.18. The van der Waals surface area contributed by atoms with Gasteiger partial charge in [-0.2, -0.15) is 0 Å². The molecule has 0 spiro atoms. The first-order valence-electron chi connectivity index (χ1n) is 9.14. The summed E-state index contributed by atoms with van der Waals surface area (Å²) in [7, 11) is 0. The summed E-state index contributed by atoms with van der Waals surface area (Å²) in [5.74, 6) is -2.43. The van der Waals surface area contributed by atoms with Crippen LogP contribution in [0.15, 0.2) is 42.5 Å². The monoisotopic (exact) mass is 383 g/mol. The lowest BCUT2D eigenvalue weighted by atomic mass is 10.1. The Balaban J connectivity index is 1.59. The number of carbonyl (C=O) groups excluding carboxylic acids is 3. The number of anilines is 1. The van der Waals surface area contributed by atoms with E-state index < -0.39 is 23.5 Å². The molecule has 0 aliphatic carbocycles. The van der Waals surface area contributed by atoms with Gasteiger partial charge in [-0.3, -0.25) is 25.2 Å². The van der Waals surface area contributed by atoms with Gasteiger partial charge in [-0.05, 0) is 48.7 Å². The molecule has 2 aromatic carbocycles. The molecule has 28 heavy (non-hydrogen) atoms. The second-order valence-corrected chi connectivity index (χ2v) is 6.85. The van der Waals surface area contributed by atoms with Crippen LogP contribution >= 0.6 is 0 Å². The molecule has 3 amide bonds. The fourth-order valence-electron chi connectivity index (χ4n) is 3.13. The summed E-state index contributed by atoms with van der Waals surface area (Å²) in [6.45, 7) is 3.84. The second-order valence-electron chi connectivity index (χ2n) is 6.85. The van der Waals surface area contributed by atoms with Crippen molar-refractivity contribution in [2.24, 2.45) is 5.92 Å². The Bertz CT molecular complexity index is 912. The van der Waals surface area contributed by atoms with E-state index in [2.05, 4.69) is 10.9 Å². The van der Waals surface area contributed by atoms with Crippen LogP contribution in [-0.4, -0.2) is 24.3 Å². The van der Waals surface area contributed by atoms with E-state index in [4.69, 9.17) is 0 Å². The van der Waals surface area contributed by atoms with E-state index in [1.165, 1.54) is 17.0 Å². The van der Waals surface area contributed by atoms with Crippen molar-refractivity contribution in [3.05, 3.63) is 65.0 Å². The van der Waals surface area contributed by atoms with Crippen molar-refractivity contribution in [1.82, 2.24) is 10.9 Å². The molecule has 0 bridgehead atoms. The van der Waals surface area contributed by atoms with E-state index in [9.17, 15) is 18.8 Å². The minimum absolute atomic E-state index is 0.0415. The van der Waals surface area contributed by atoms with Crippen LogP contribution in [0.25, 0.3) is 0 Å². The number of benzene rings is 2. The normalized spacial score (nSPS) is 16.2. The third-order valence-electron chi connectivity index (χ3n) is 4.81. The number of hydrazine groups is 1. The predicted octanol–water partition coefficient (Wildman–Crippen LogP) is 2.51. The molecule has 1 unspecified atom stereocenters. The number of carbonyl (C=O) groups is 3. The second kappa shape index (κ2) is 8.21. The molecule has 1 saturated heterocycles. The van der Waals surface area contributed by atoms with Crippen LogP contribution in [-0.2, 0) is 16.0 Å². The third-order valence-corrected chi connectivity index (χ3v) is 4.81. The molecule has 7 heteroatoms. The quantitative estimate of drug-likeness (QED) is 0.797. The van der Waals surface area contributed by atoms with Crippen LogP contribution in [0.1, 0.15) is 34.8 Å². The summed E-state index contributed by atoms with van der Waals surface area (Å²) >= 11 is 0. The van der Waals surface area contributed by atoms with Gasteiger partial charge in [0.1, 0.15) is 5.82 Å². The number of aryl methyl sites for hydroxylation is 2. The van der Waals surface area contributed by atoms with Crippen LogP contribution in [0.3, 0.4) is 0 Å². The Morgan fingerprint density at radius 3 is 2.50 bits per heavy atom. The number of amides is 3. The Morgan fingerprint density at radius 2 is 1.86 bits per heavy atom. The number of rotatable bonds is 4. The highest BCUT2D eigenvalue weighted by Gasteiger charge is 2.36. The first kappa shape index (κ1) is 19.5. The molecule has 0 radical (unpaired) electrons. The molecule has 1 heterocycles. The number of halogens is 1. The zero-order chi connectivity index (χ0) is 20.3. The van der Waals surface area contributed by atoms with Crippen molar-refractivity contribution in [3.63, 3.8) is 0 Å². The van der Waals surface area contributed by atoms with Gasteiger partial charge in [0.25, 0.3) is 5.91 Å². The zero-order valence-electron chi connectivity index (χ0n) is 15.8. The smallest absolute Gasteiger partial charge is 0.269 e. The summed E-state index contributed by atoms with van der Waals surface area (Å²) in [5.41, 5.74) is 7.15. The first-order chi connectivity index (χ1) is 13.4. The number of nitrogens with zero attached hydrogens (tertiary/aromatic N) is 1. The highest BCUT2D eigenvalue weighted by atomic mass is 19.1. The number of hydrogen-bond acceptors (Lipinski definition) is 3. The van der Waals surface area contributed by atoms with E-state index in [1.807, 2.05) is 19.1 Å². The maximum Gasteiger partial charge on any atom is 0.269 e. The van der Waals surface area contributed by atoms with E-state index in [-0.39, 0.29) is 24.6 Å². The SMILES string of the molecule is CCc1ccc(C(=O)NNC(=O)C2CC(=O)N(c3ccc(C)cc3F)C2)cc1. The van der Waals surface area contributed by atoms with Crippen molar-refractivity contribution >= 4 is 23.4 Å². The molecule has 1 atom stereocenters. The summed E-state index contributed by atoms with van der Waals surface area (Å²) in [6, 6.07) is 11.6. The molecule has 1 fully saturated rings. The van der Waals surface area contributed by atoms with Gasteiger partial charge >= 0.3 is 0 Å². The summed E-state index contributed by atoms with van der Waals surface area (Å²) in [6.07, 6.45) is 0.826. The molecule has 1 aliphatic rings. The average Bonchev–Trinajstić information content (AvgIpc) is 3.07. The van der Waals surface area contributed by atoms with Crippen LogP contribution in [0.5, 0.6) is 0 Å². The van der Waals surface area contributed by atoms with Crippen molar-refractivity contribution in [2.75, 3.05) is 11.4 Å². The van der Waals surface area contributed by atoms with Gasteiger partial charge in [0.05, 0.1) is 11.6 Å². The predicted molar refractivity (Wildman–Crippen MR) is 103 cm³/mol. The summed E-state index contributed by atoms with van der Waals surface area (Å²) in [5, 5.41) is 0. The fraction of sp³-hybridized carbons (Fsp3) is 0.286. The van der Waals surface area contributed by atoms with Gasteiger partial charge < -0.3 is 4.90 Å². The lowest BCUT2D eigenvalue weighted by molar-refractivity contribution is -0.126. The van der Waals surface area contributed by atoms with Crippen molar-refractivity contribution in [3.8, 4) is 0 Å². The summed E-state index contributed by atoms with van der Waals surface area (Å²) in [4.78, 5) is 38.0. The molecule has 0 saturated carbocycles. The van der Waals surface area contributed by atoms with Crippen LogP contribution in [0.2, 0.25) is 0 Å². The maximum absolute atomic E-state index is 14.1. The molecule has 0 aromatic heterocycles. The molecular weight excluding hydrogens is 361 g/mol. The highest BCUT2D eigenvalue weighted by molar-refractivity contribution is 6.01. The van der Waals surface area contributed by atoms with Gasteiger partial charge in [0.15, 0.2) is 0 Å². The van der Waals surface area contributed by atoms with Crippen molar-refractivity contribution in [2.45, 2.75) is 26.7 Å². The average molecular weight is 383 g/mol. The molecule has 2 N–H and O–H groups in total. The van der Waals surface area contributed by atoms with Gasteiger partial charge in [-0.15, -0.1) is 0 Å². The van der Waals surface area contributed by atoms with Crippen LogP contribution in [0, 0.1) is 18.7 Å². The van der Waals surface area contributed by atoms with Crippen LogP contribution < -0.4 is 15.8 Å². The minimum atomic E-state index is -0.670. The molecule has 3 rings (SSSR count). The minimum Gasteiger partial charge on any atom is -0.309 e. The van der Waals surface area contributed by atoms with Crippen molar-refractivity contribution < 1.29 is 18.8 Å². The van der Waals surface area contributed by atoms with Gasteiger partial charge in [0, 0.05) is 18.5 Å². The summed E-state index contributed by atoms with van der Waals surface area (Å²) < 4.78 is 14.1. The Labute approximate surface area is 162 Å². The number of hydrogen-bond donors (Lipinski definition) is 2. The van der Waals surface area contributed by atoms with Crippen molar-refractivity contribution in [1.29, 1.82) is 0 Å². The van der Waals surface area contributed by atoms with Gasteiger partial charge in [-0.1, -0.05) is 25.1 Å². The Kier molecular flexibility index (Phi) is 5.73. The molecule has 146 valence electrons. The topological polar surface area (TPSA) is 78.5 Å². The molecule has 2 aromatic rings. The molecule has 1 aliphatic heterocycles. The first-order valence-corrected chi connectivity index (χ1v) is 9.14. The third kappa shape index (κ3) is 4.19. The van der Waals surface area contributed by atoms with E-state index >= 15 is 0 Å². The van der Waals surface area contributed by atoms with Gasteiger partial charge in [-0.25, -0.2) is 4.39 Å². The standard InChI is InChI=1S/C21H22FN3O3/c1-3-14-5-7-15(8-6-14)20(27)23-24-21(28)16-11-19(26)25(12-16)18-9-4-13(2)10-17(18)22/h4-10,16H,3,11-12H2,1-2H3,(H,23,27)(H,24,28). The maximum atomic E-state index is 14.1. The zero-order valence-corrected chi connectivity index (χ0v) is 15.8. The van der Waals surface area contributed by atoms with Crippen LogP contribution in [0.4, 0.5) is 10.1 Å². The largest absolute Gasteiger partial charge is 0.309 e. The lowest BCUT2D eigenvalue weighted by Crippen LogP contribution is -2.45. The van der Waals surface area contributed by atoms with E-state index in [0.29, 0.717) is 5.56 Å². The highest BCUT2D eigenvalue weighted by Crippen LogP contribution is 2.28. The van der Waals surface area contributed by atoms with Gasteiger partial charge in [0.2, 0.25) is 11.8 Å². The van der Waals surface area contributed by atoms with E-state index in [1.54, 1.807) is 25.1 Å². The Morgan fingerprint density at radius 1 is 1.14 bits per heavy atom.